The van der Waals surface area contributed by atoms with Crippen LogP contribution in [0.1, 0.15) is 5.56 Å². The highest BCUT2D eigenvalue weighted by Gasteiger charge is 2.04. The van der Waals surface area contributed by atoms with Gasteiger partial charge in [0, 0.05) is 18.0 Å². The van der Waals surface area contributed by atoms with Gasteiger partial charge in [0.2, 0.25) is 0 Å². The second-order valence-electron chi connectivity index (χ2n) is 3.00. The number of halogens is 2. The molecule has 0 aliphatic carbocycles. The number of rotatable bonds is 4. The van der Waals surface area contributed by atoms with E-state index in [1.165, 1.54) is 6.07 Å². The van der Waals surface area contributed by atoms with Crippen molar-refractivity contribution in [1.82, 2.24) is 0 Å². The molecule has 0 spiro atoms. The Labute approximate surface area is 96.6 Å². The molecule has 0 amide bonds. The molecule has 0 radical (unpaired) electrons. The average Bonchev–Trinajstić information content (AvgIpc) is 2.14. The quantitative estimate of drug-likeness (QED) is 0.843. The molecular formula is C10H13BrFNS. The summed E-state index contributed by atoms with van der Waals surface area (Å²) in [4.78, 5) is 0. The fourth-order valence-electron chi connectivity index (χ4n) is 1.12. The molecule has 0 atom stereocenters. The van der Waals surface area contributed by atoms with Gasteiger partial charge in [0.25, 0.3) is 0 Å². The van der Waals surface area contributed by atoms with Crippen molar-refractivity contribution in [2.75, 3.05) is 23.9 Å². The molecule has 1 aromatic rings. The third-order valence-corrected chi connectivity index (χ3v) is 3.11. The summed E-state index contributed by atoms with van der Waals surface area (Å²) in [5, 5.41) is 3.20. The molecular weight excluding hydrogens is 265 g/mol. The first-order valence-electron chi connectivity index (χ1n) is 4.33. The second-order valence-corrected chi connectivity index (χ2v) is 4.84. The van der Waals surface area contributed by atoms with Crippen LogP contribution in [0.15, 0.2) is 16.6 Å². The van der Waals surface area contributed by atoms with Crippen LogP contribution in [0.3, 0.4) is 0 Å². The number of hydrogen-bond acceptors (Lipinski definition) is 2. The summed E-state index contributed by atoms with van der Waals surface area (Å²) in [6.45, 7) is 2.83. The second kappa shape index (κ2) is 5.61. The van der Waals surface area contributed by atoms with Crippen LogP contribution >= 0.6 is 27.7 Å². The Morgan fingerprint density at radius 3 is 2.86 bits per heavy atom. The maximum Gasteiger partial charge on any atom is 0.139 e. The van der Waals surface area contributed by atoms with E-state index in [2.05, 4.69) is 27.5 Å². The van der Waals surface area contributed by atoms with Gasteiger partial charge in [-0.3, -0.25) is 0 Å². The molecule has 4 heteroatoms. The van der Waals surface area contributed by atoms with Crippen LogP contribution < -0.4 is 5.32 Å². The number of aryl methyl sites for hydroxylation is 1. The molecule has 1 nitrogen and oxygen atoms in total. The van der Waals surface area contributed by atoms with Gasteiger partial charge in [0.15, 0.2) is 0 Å². The zero-order chi connectivity index (χ0) is 10.6. The van der Waals surface area contributed by atoms with Crippen LogP contribution in [0.4, 0.5) is 10.1 Å². The van der Waals surface area contributed by atoms with E-state index in [1.807, 2.05) is 6.92 Å². The van der Waals surface area contributed by atoms with E-state index < -0.39 is 0 Å². The lowest BCUT2D eigenvalue weighted by molar-refractivity contribution is 0.621. The molecule has 1 N–H and O–H groups in total. The van der Waals surface area contributed by atoms with Gasteiger partial charge in [-0.2, -0.15) is 11.8 Å². The van der Waals surface area contributed by atoms with Crippen molar-refractivity contribution in [3.8, 4) is 0 Å². The molecule has 0 aliphatic heterocycles. The molecule has 0 unspecified atom stereocenters. The average molecular weight is 278 g/mol. The third-order valence-electron chi connectivity index (χ3n) is 1.89. The minimum Gasteiger partial charge on any atom is -0.384 e. The van der Waals surface area contributed by atoms with Gasteiger partial charge in [-0.05, 0) is 46.8 Å². The standard InChI is InChI=1S/C10H13BrFNS/c1-7-5-8(11)9(12)6-10(7)13-3-4-14-2/h5-6,13H,3-4H2,1-2H3. The Morgan fingerprint density at radius 2 is 2.21 bits per heavy atom. The number of thioether (sulfide) groups is 1. The van der Waals surface area contributed by atoms with Crippen LogP contribution in [0.5, 0.6) is 0 Å². The van der Waals surface area contributed by atoms with Gasteiger partial charge in [-0.15, -0.1) is 0 Å². The van der Waals surface area contributed by atoms with Gasteiger partial charge in [0.05, 0.1) is 4.47 Å². The summed E-state index contributed by atoms with van der Waals surface area (Å²) in [5.74, 6) is 0.805. The van der Waals surface area contributed by atoms with Gasteiger partial charge >= 0.3 is 0 Å². The van der Waals surface area contributed by atoms with E-state index in [4.69, 9.17) is 0 Å². The fourth-order valence-corrected chi connectivity index (χ4v) is 1.89. The predicted octanol–water partition coefficient (Wildman–Crippen LogP) is 3.67. The molecule has 0 bridgehead atoms. The first-order valence-corrected chi connectivity index (χ1v) is 6.52. The normalized spacial score (nSPS) is 10.3. The fraction of sp³-hybridized carbons (Fsp3) is 0.400. The number of hydrogen-bond donors (Lipinski definition) is 1. The number of benzene rings is 1. The summed E-state index contributed by atoms with van der Waals surface area (Å²) >= 11 is 4.92. The summed E-state index contributed by atoms with van der Waals surface area (Å²) in [6, 6.07) is 3.32. The number of anilines is 1. The van der Waals surface area contributed by atoms with Crippen molar-refractivity contribution in [2.45, 2.75) is 6.92 Å². The van der Waals surface area contributed by atoms with Crippen molar-refractivity contribution in [2.24, 2.45) is 0 Å². The van der Waals surface area contributed by atoms with E-state index in [0.29, 0.717) is 4.47 Å². The lowest BCUT2D eigenvalue weighted by atomic mass is 10.2. The lowest BCUT2D eigenvalue weighted by Gasteiger charge is -2.09. The van der Waals surface area contributed by atoms with E-state index >= 15 is 0 Å². The minimum absolute atomic E-state index is 0.220. The Bertz CT molecular complexity index is 317. The smallest absolute Gasteiger partial charge is 0.139 e. The van der Waals surface area contributed by atoms with Crippen LogP contribution in [-0.2, 0) is 0 Å². The van der Waals surface area contributed by atoms with Crippen molar-refractivity contribution >= 4 is 33.4 Å². The van der Waals surface area contributed by atoms with Gasteiger partial charge < -0.3 is 5.32 Å². The zero-order valence-corrected chi connectivity index (χ0v) is 10.6. The van der Waals surface area contributed by atoms with E-state index in [1.54, 1.807) is 17.8 Å². The maximum absolute atomic E-state index is 13.2. The molecule has 14 heavy (non-hydrogen) atoms. The molecule has 0 saturated carbocycles. The Balaban J connectivity index is 2.72. The van der Waals surface area contributed by atoms with E-state index in [9.17, 15) is 4.39 Å². The first kappa shape index (κ1) is 11.9. The Kier molecular flexibility index (Phi) is 4.75. The third kappa shape index (κ3) is 3.17. The Morgan fingerprint density at radius 1 is 1.50 bits per heavy atom. The Hall–Kier alpha value is -0.220. The van der Waals surface area contributed by atoms with Crippen molar-refractivity contribution in [3.63, 3.8) is 0 Å². The molecule has 0 heterocycles. The molecule has 1 aromatic carbocycles. The van der Waals surface area contributed by atoms with Crippen LogP contribution in [0, 0.1) is 12.7 Å². The largest absolute Gasteiger partial charge is 0.384 e. The maximum atomic E-state index is 13.2. The van der Waals surface area contributed by atoms with E-state index in [-0.39, 0.29) is 5.82 Å². The van der Waals surface area contributed by atoms with Crippen LogP contribution in [0.25, 0.3) is 0 Å². The van der Waals surface area contributed by atoms with Crippen LogP contribution in [-0.4, -0.2) is 18.6 Å². The molecule has 0 aliphatic rings. The van der Waals surface area contributed by atoms with Gasteiger partial charge in [0.1, 0.15) is 5.82 Å². The molecule has 0 saturated heterocycles. The first-order chi connectivity index (χ1) is 6.65. The highest BCUT2D eigenvalue weighted by atomic mass is 79.9. The molecule has 0 fully saturated rings. The summed E-state index contributed by atoms with van der Waals surface area (Å²) in [7, 11) is 0. The zero-order valence-electron chi connectivity index (χ0n) is 8.23. The van der Waals surface area contributed by atoms with Crippen LogP contribution in [0.2, 0.25) is 0 Å². The highest BCUT2D eigenvalue weighted by molar-refractivity contribution is 9.10. The SMILES string of the molecule is CSCCNc1cc(F)c(Br)cc1C. The lowest BCUT2D eigenvalue weighted by Crippen LogP contribution is -2.05. The van der Waals surface area contributed by atoms with Crippen molar-refractivity contribution < 1.29 is 4.39 Å². The highest BCUT2D eigenvalue weighted by Crippen LogP contribution is 2.23. The molecule has 78 valence electrons. The molecule has 0 aromatic heterocycles. The van der Waals surface area contributed by atoms with Crippen molar-refractivity contribution in [3.05, 3.63) is 28.0 Å². The summed E-state index contributed by atoms with van der Waals surface area (Å²) in [5.41, 5.74) is 1.93. The minimum atomic E-state index is -0.220. The van der Waals surface area contributed by atoms with Gasteiger partial charge in [-0.1, -0.05) is 0 Å². The van der Waals surface area contributed by atoms with Gasteiger partial charge in [-0.25, -0.2) is 4.39 Å². The molecule has 1 rings (SSSR count). The summed E-state index contributed by atoms with van der Waals surface area (Å²) < 4.78 is 13.7. The summed E-state index contributed by atoms with van der Waals surface area (Å²) in [6.07, 6.45) is 2.05. The topological polar surface area (TPSA) is 12.0 Å². The monoisotopic (exact) mass is 277 g/mol. The van der Waals surface area contributed by atoms with Crippen molar-refractivity contribution in [1.29, 1.82) is 0 Å². The predicted molar refractivity (Wildman–Crippen MR) is 65.7 cm³/mol. The van der Waals surface area contributed by atoms with E-state index in [0.717, 1.165) is 23.5 Å². The number of nitrogens with one attached hydrogen (secondary N) is 1.